The van der Waals surface area contributed by atoms with Crippen LogP contribution in [0.3, 0.4) is 0 Å². The van der Waals surface area contributed by atoms with Crippen molar-refractivity contribution in [1.29, 1.82) is 0 Å². The van der Waals surface area contributed by atoms with E-state index >= 15 is 0 Å². The van der Waals surface area contributed by atoms with Gasteiger partial charge in [0.05, 0.1) is 11.6 Å². The summed E-state index contributed by atoms with van der Waals surface area (Å²) in [7, 11) is 1.42. The highest BCUT2D eigenvalue weighted by molar-refractivity contribution is 9.10. The number of nitrogens with zero attached hydrogens (tertiary/aromatic N) is 1. The van der Waals surface area contributed by atoms with E-state index in [0.717, 1.165) is 4.90 Å². The van der Waals surface area contributed by atoms with Crippen molar-refractivity contribution in [3.8, 4) is 5.75 Å². The maximum atomic E-state index is 12.8. The standard InChI is InChI=1S/C18H25BrClNO5/c1-10-11(20)9-12(24-8)14(13(10)19)21(15(22)25-17(2,3)4)16(23)26-18(5,6)7/h9H,1-8H3. The van der Waals surface area contributed by atoms with Gasteiger partial charge in [0.15, 0.2) is 0 Å². The molecule has 26 heavy (non-hydrogen) atoms. The molecule has 6 nitrogen and oxygen atoms in total. The van der Waals surface area contributed by atoms with Crippen molar-refractivity contribution in [2.24, 2.45) is 0 Å². The molecule has 0 saturated heterocycles. The molecular weight excluding hydrogens is 426 g/mol. The summed E-state index contributed by atoms with van der Waals surface area (Å²) in [6, 6.07) is 1.53. The number of carbonyl (C=O) groups is 2. The first-order valence-electron chi connectivity index (χ1n) is 7.96. The van der Waals surface area contributed by atoms with Crippen molar-refractivity contribution in [2.45, 2.75) is 59.7 Å². The Balaban J connectivity index is 3.58. The number of ether oxygens (including phenoxy) is 3. The molecule has 1 rings (SSSR count). The first-order chi connectivity index (χ1) is 11.7. The number of hydrogen-bond donors (Lipinski definition) is 0. The fourth-order valence-electron chi connectivity index (χ4n) is 1.92. The zero-order chi connectivity index (χ0) is 20.4. The summed E-state index contributed by atoms with van der Waals surface area (Å²) in [6.07, 6.45) is -1.76. The number of imide groups is 1. The van der Waals surface area contributed by atoms with Crippen molar-refractivity contribution < 1.29 is 23.8 Å². The van der Waals surface area contributed by atoms with Gasteiger partial charge in [0.25, 0.3) is 0 Å². The molecule has 0 aliphatic carbocycles. The second-order valence-electron chi connectivity index (χ2n) is 7.64. The Kier molecular flexibility index (Phi) is 6.98. The van der Waals surface area contributed by atoms with Crippen LogP contribution < -0.4 is 9.64 Å². The third kappa shape index (κ3) is 5.77. The second-order valence-corrected chi connectivity index (χ2v) is 8.84. The Morgan fingerprint density at radius 1 is 1.04 bits per heavy atom. The van der Waals surface area contributed by atoms with E-state index in [1.54, 1.807) is 48.5 Å². The molecule has 0 aliphatic rings. The Morgan fingerprint density at radius 2 is 1.46 bits per heavy atom. The van der Waals surface area contributed by atoms with Gasteiger partial charge in [-0.25, -0.2) is 9.59 Å². The van der Waals surface area contributed by atoms with E-state index in [0.29, 0.717) is 15.1 Å². The summed E-state index contributed by atoms with van der Waals surface area (Å²) >= 11 is 9.58. The number of rotatable bonds is 2. The normalized spacial score (nSPS) is 11.8. The molecule has 0 radical (unpaired) electrons. The number of halogens is 2. The number of anilines is 1. The number of benzene rings is 1. The van der Waals surface area contributed by atoms with E-state index in [2.05, 4.69) is 15.9 Å². The second kappa shape index (κ2) is 8.05. The van der Waals surface area contributed by atoms with Gasteiger partial charge in [-0.2, -0.15) is 4.90 Å². The Morgan fingerprint density at radius 3 is 1.81 bits per heavy atom. The van der Waals surface area contributed by atoms with E-state index < -0.39 is 23.4 Å². The highest BCUT2D eigenvalue weighted by Crippen LogP contribution is 2.43. The molecule has 0 saturated carbocycles. The minimum Gasteiger partial charge on any atom is -0.494 e. The van der Waals surface area contributed by atoms with E-state index in [4.69, 9.17) is 25.8 Å². The molecule has 2 amide bonds. The highest BCUT2D eigenvalue weighted by Gasteiger charge is 2.36. The number of methoxy groups -OCH3 is 1. The molecule has 1 aromatic rings. The third-order valence-electron chi connectivity index (χ3n) is 2.98. The van der Waals surface area contributed by atoms with Crippen molar-refractivity contribution in [3.05, 3.63) is 21.1 Å². The SMILES string of the molecule is COc1cc(Cl)c(C)c(Br)c1N(C(=O)OC(C)(C)C)C(=O)OC(C)(C)C. The quantitative estimate of drug-likeness (QED) is 0.545. The van der Waals surface area contributed by atoms with Gasteiger partial charge in [-0.3, -0.25) is 0 Å². The van der Waals surface area contributed by atoms with Crippen molar-refractivity contribution in [2.75, 3.05) is 12.0 Å². The monoisotopic (exact) mass is 449 g/mol. The molecule has 0 bridgehead atoms. The number of hydrogen-bond acceptors (Lipinski definition) is 5. The van der Waals surface area contributed by atoms with Crippen LogP contribution in [0, 0.1) is 6.92 Å². The molecule has 0 heterocycles. The van der Waals surface area contributed by atoms with Crippen LogP contribution in [0.2, 0.25) is 5.02 Å². The fourth-order valence-corrected chi connectivity index (χ4v) is 2.81. The van der Waals surface area contributed by atoms with Crippen LogP contribution in [-0.4, -0.2) is 30.5 Å². The maximum absolute atomic E-state index is 12.8. The molecule has 0 atom stereocenters. The fraction of sp³-hybridized carbons (Fsp3) is 0.556. The molecule has 146 valence electrons. The Hall–Kier alpha value is -1.47. The van der Waals surface area contributed by atoms with Crippen LogP contribution >= 0.6 is 27.5 Å². The van der Waals surface area contributed by atoms with E-state index in [1.807, 2.05) is 0 Å². The van der Waals surface area contributed by atoms with Crippen LogP contribution in [0.1, 0.15) is 47.1 Å². The van der Waals surface area contributed by atoms with Crippen molar-refractivity contribution in [3.63, 3.8) is 0 Å². The maximum Gasteiger partial charge on any atom is 0.424 e. The summed E-state index contributed by atoms with van der Waals surface area (Å²) in [5.74, 6) is 0.226. The molecular formula is C18H25BrClNO5. The average molecular weight is 451 g/mol. The average Bonchev–Trinajstić information content (AvgIpc) is 2.43. The van der Waals surface area contributed by atoms with Gasteiger partial charge in [-0.15, -0.1) is 0 Å². The zero-order valence-electron chi connectivity index (χ0n) is 16.3. The van der Waals surface area contributed by atoms with Crippen molar-refractivity contribution >= 4 is 45.4 Å². The van der Waals surface area contributed by atoms with Crippen molar-refractivity contribution in [1.82, 2.24) is 0 Å². The van der Waals surface area contributed by atoms with Crippen LogP contribution in [0.25, 0.3) is 0 Å². The Labute approximate surface area is 167 Å². The van der Waals surface area contributed by atoms with E-state index in [9.17, 15) is 9.59 Å². The molecule has 8 heteroatoms. The first kappa shape index (κ1) is 22.6. The van der Waals surface area contributed by atoms with Crippen LogP contribution in [0.4, 0.5) is 15.3 Å². The summed E-state index contributed by atoms with van der Waals surface area (Å²) in [5.41, 5.74) is -0.811. The lowest BCUT2D eigenvalue weighted by Gasteiger charge is -2.30. The minimum absolute atomic E-state index is 0.165. The van der Waals surface area contributed by atoms with Gasteiger partial charge in [-0.1, -0.05) is 11.6 Å². The van der Waals surface area contributed by atoms with Gasteiger partial charge < -0.3 is 14.2 Å². The summed E-state index contributed by atoms with van der Waals surface area (Å²) in [6.45, 7) is 12.0. The first-order valence-corrected chi connectivity index (χ1v) is 9.13. The third-order valence-corrected chi connectivity index (χ3v) is 4.35. The van der Waals surface area contributed by atoms with Crippen LogP contribution in [0.5, 0.6) is 5.75 Å². The molecule has 1 aromatic carbocycles. The van der Waals surface area contributed by atoms with Gasteiger partial charge in [0.2, 0.25) is 0 Å². The summed E-state index contributed by atoms with van der Waals surface area (Å²) in [4.78, 5) is 26.4. The minimum atomic E-state index is -0.882. The lowest BCUT2D eigenvalue weighted by Crippen LogP contribution is -2.44. The smallest absolute Gasteiger partial charge is 0.424 e. The molecule has 0 spiro atoms. The van der Waals surface area contributed by atoms with E-state index in [-0.39, 0.29) is 11.4 Å². The summed E-state index contributed by atoms with van der Waals surface area (Å²) < 4.78 is 16.5. The lowest BCUT2D eigenvalue weighted by atomic mass is 10.2. The number of carbonyl (C=O) groups excluding carboxylic acids is 2. The van der Waals surface area contributed by atoms with Gasteiger partial charge in [-0.05, 0) is 70.0 Å². The highest BCUT2D eigenvalue weighted by atomic mass is 79.9. The molecule has 0 aromatic heterocycles. The molecule has 0 aliphatic heterocycles. The predicted molar refractivity (Wildman–Crippen MR) is 105 cm³/mol. The van der Waals surface area contributed by atoms with E-state index in [1.165, 1.54) is 13.2 Å². The van der Waals surface area contributed by atoms with Gasteiger partial charge >= 0.3 is 12.2 Å². The molecule has 0 unspecified atom stereocenters. The van der Waals surface area contributed by atoms with Gasteiger partial charge in [0.1, 0.15) is 22.6 Å². The summed E-state index contributed by atoms with van der Waals surface area (Å²) in [5, 5.41) is 0.422. The number of amides is 2. The zero-order valence-corrected chi connectivity index (χ0v) is 18.7. The lowest BCUT2D eigenvalue weighted by molar-refractivity contribution is 0.0429. The molecule has 0 N–H and O–H groups in total. The van der Waals surface area contributed by atoms with Crippen LogP contribution in [-0.2, 0) is 9.47 Å². The topological polar surface area (TPSA) is 65.1 Å². The van der Waals surface area contributed by atoms with Crippen LogP contribution in [0.15, 0.2) is 10.5 Å². The largest absolute Gasteiger partial charge is 0.494 e. The van der Waals surface area contributed by atoms with Gasteiger partial charge in [0, 0.05) is 11.1 Å². The molecule has 0 fully saturated rings. The predicted octanol–water partition coefficient (Wildman–Crippen LogP) is 6.10. The Bertz CT molecular complexity index is 679.